The maximum Gasteiger partial charge on any atom is 0.258 e. The van der Waals surface area contributed by atoms with E-state index in [1.54, 1.807) is 36.4 Å². The number of aliphatic hydroxyl groups excluding tert-OH is 4. The zero-order valence-corrected chi connectivity index (χ0v) is 46.8. The quantitative estimate of drug-likeness (QED) is 0.0340. The summed E-state index contributed by atoms with van der Waals surface area (Å²) < 4.78 is 32.0. The van der Waals surface area contributed by atoms with Crippen LogP contribution in [0.3, 0.4) is 0 Å². The summed E-state index contributed by atoms with van der Waals surface area (Å²) in [6.07, 6.45) is -4.23. The molecule has 0 spiro atoms. The van der Waals surface area contributed by atoms with Gasteiger partial charge < -0.3 is 50.1 Å². The van der Waals surface area contributed by atoms with Crippen LogP contribution in [0, 0.1) is 11.6 Å². The van der Waals surface area contributed by atoms with Gasteiger partial charge in [-0.05, 0) is 139 Å². The first-order valence-electron chi connectivity index (χ1n) is 27.6. The van der Waals surface area contributed by atoms with Gasteiger partial charge in [-0.3, -0.25) is 14.4 Å². The van der Waals surface area contributed by atoms with Gasteiger partial charge in [0.1, 0.15) is 17.4 Å². The molecular formula is C68H75F2N4O9-. The largest absolute Gasteiger partial charge is 0.550 e. The summed E-state index contributed by atoms with van der Waals surface area (Å²) in [6, 6.07) is 49.8. The molecule has 2 aromatic heterocycles. The second kappa shape index (κ2) is 30.1. The minimum absolute atomic E-state index is 0. The van der Waals surface area contributed by atoms with Gasteiger partial charge in [-0.2, -0.15) is 0 Å². The highest BCUT2D eigenvalue weighted by molar-refractivity contribution is 6.13. The number of hydrogen-bond donors (Lipinski definition) is 6. The molecule has 0 fully saturated rings. The smallest absolute Gasteiger partial charge is 0.258 e. The Kier molecular flexibility index (Phi) is 23.2. The molecule has 0 saturated carbocycles. The number of carbonyl (C=O) groups is 4. The molecule has 2 heterocycles. The Hall–Kier alpha value is -8.34. The van der Waals surface area contributed by atoms with E-state index in [9.17, 15) is 53.5 Å². The van der Waals surface area contributed by atoms with Gasteiger partial charge in [0.25, 0.3) is 11.8 Å². The Balaban J connectivity index is 0.000000263. The average Bonchev–Trinajstić information content (AvgIpc) is 3.19. The maximum atomic E-state index is 14.1. The molecule has 6 aromatic carbocycles. The van der Waals surface area contributed by atoms with Gasteiger partial charge in [0.05, 0.1) is 46.9 Å². The van der Waals surface area contributed by atoms with Crippen molar-refractivity contribution < 1.29 is 53.5 Å². The molecule has 2 amide bonds. The number of para-hydroxylation sites is 2. The van der Waals surface area contributed by atoms with Crippen LogP contribution in [0.5, 0.6) is 0 Å². The van der Waals surface area contributed by atoms with Crippen LogP contribution in [-0.4, -0.2) is 77.5 Å². The Morgan fingerprint density at radius 3 is 1.11 bits per heavy atom. The van der Waals surface area contributed by atoms with Crippen LogP contribution < -0.4 is 15.7 Å². The number of aromatic nitrogens is 2. The molecule has 8 aromatic rings. The highest BCUT2D eigenvalue weighted by Crippen LogP contribution is 2.45. The number of aliphatic carboxylic acids is 1. The van der Waals surface area contributed by atoms with Crippen LogP contribution >= 0.6 is 0 Å². The molecule has 0 aliphatic carbocycles. The van der Waals surface area contributed by atoms with E-state index < -0.39 is 42.6 Å². The Morgan fingerprint density at radius 1 is 0.470 bits per heavy atom. The molecule has 0 unspecified atom stereocenters. The topological polar surface area (TPSA) is 206 Å². The van der Waals surface area contributed by atoms with Gasteiger partial charge in [-0.15, -0.1) is 0 Å². The minimum Gasteiger partial charge on any atom is -0.550 e. The van der Waals surface area contributed by atoms with Gasteiger partial charge in [-0.25, -0.2) is 8.78 Å². The highest BCUT2D eigenvalue weighted by atomic mass is 19.1. The van der Waals surface area contributed by atoms with Crippen molar-refractivity contribution in [1.29, 1.82) is 0 Å². The lowest BCUT2D eigenvalue weighted by molar-refractivity contribution is -0.307. The van der Waals surface area contributed by atoms with Gasteiger partial charge in [0.15, 0.2) is 0 Å². The van der Waals surface area contributed by atoms with Gasteiger partial charge in [-0.1, -0.05) is 132 Å². The number of amides is 2. The third-order valence-electron chi connectivity index (χ3n) is 14.0. The lowest BCUT2D eigenvalue weighted by Crippen LogP contribution is -2.29. The van der Waals surface area contributed by atoms with Crippen LogP contribution in [0.15, 0.2) is 170 Å². The predicted octanol–water partition coefficient (Wildman–Crippen LogP) is 12.4. The summed E-state index contributed by atoms with van der Waals surface area (Å²) in [6.45, 7) is 10.0. The number of carbonyl (C=O) groups excluding carboxylic acids is 4. The molecule has 0 bridgehead atoms. The van der Waals surface area contributed by atoms with Crippen molar-refractivity contribution in [3.05, 3.63) is 204 Å². The van der Waals surface area contributed by atoms with E-state index in [0.717, 1.165) is 39.3 Å². The van der Waals surface area contributed by atoms with Crippen LogP contribution in [0.4, 0.5) is 20.2 Å². The molecule has 0 saturated heterocycles. The molecular weight excluding hydrogens is 1050 g/mol. The van der Waals surface area contributed by atoms with Crippen LogP contribution in [0.1, 0.15) is 125 Å². The number of aliphatic hydroxyl groups is 4. The van der Waals surface area contributed by atoms with E-state index in [2.05, 4.69) is 10.6 Å². The monoisotopic (exact) mass is 1130 g/mol. The van der Waals surface area contributed by atoms with E-state index in [-0.39, 0.29) is 81.3 Å². The number of ketones is 1. The third kappa shape index (κ3) is 16.9. The molecule has 13 nitrogen and oxygen atoms in total. The van der Waals surface area contributed by atoms with Crippen LogP contribution in [0.2, 0.25) is 0 Å². The fourth-order valence-corrected chi connectivity index (χ4v) is 10.5. The molecule has 15 heteroatoms. The molecule has 0 radical (unpaired) electrons. The fraction of sp³-hybridized carbons (Fsp3) is 0.294. The number of nitrogens with one attached hydrogen (secondary N) is 2. The second-order valence-corrected chi connectivity index (χ2v) is 21.1. The fourth-order valence-electron chi connectivity index (χ4n) is 10.5. The van der Waals surface area contributed by atoms with E-state index in [0.29, 0.717) is 45.9 Å². The summed E-state index contributed by atoms with van der Waals surface area (Å²) in [7, 11) is 0. The van der Waals surface area contributed by atoms with E-state index in [4.69, 9.17) is 0 Å². The minimum atomic E-state index is -1.39. The van der Waals surface area contributed by atoms with Crippen molar-refractivity contribution in [3.63, 3.8) is 0 Å². The van der Waals surface area contributed by atoms with Gasteiger partial charge in [0, 0.05) is 65.8 Å². The van der Waals surface area contributed by atoms with Crippen molar-refractivity contribution in [2.45, 2.75) is 130 Å². The SMILES string of the molecule is C.CC(=O)C[C@H](O)C[C@H](O)CCn1c(-c2ccc(F)cc2)c(-c2ccccc2)c(C(=O)Nc2ccccc2)c1C(C)C.CC(C)c1c(C(=O)Nc2ccccc2)c(-c2ccccc2)c(-c2ccc(F)cc2)n1CC[C@@H](O)C[C@@H](O)CC(=O)[O-]. The van der Waals surface area contributed by atoms with E-state index >= 15 is 0 Å². The number of rotatable bonds is 24. The first kappa shape index (κ1) is 63.8. The number of anilines is 2. The number of halogens is 2. The number of nitrogens with zero attached hydrogens (tertiary/aromatic N) is 2. The molecule has 83 heavy (non-hydrogen) atoms. The molecule has 436 valence electrons. The number of hydrogen-bond acceptors (Lipinski definition) is 9. The average molecular weight is 1130 g/mol. The highest BCUT2D eigenvalue weighted by Gasteiger charge is 2.33. The summed E-state index contributed by atoms with van der Waals surface area (Å²) in [5, 5.41) is 58.7. The Morgan fingerprint density at radius 2 is 0.795 bits per heavy atom. The van der Waals surface area contributed by atoms with Crippen LogP contribution in [-0.2, 0) is 22.7 Å². The van der Waals surface area contributed by atoms with E-state index in [1.165, 1.54) is 31.2 Å². The summed E-state index contributed by atoms with van der Waals surface area (Å²) >= 11 is 0. The van der Waals surface area contributed by atoms with Crippen molar-refractivity contribution >= 4 is 34.9 Å². The van der Waals surface area contributed by atoms with Gasteiger partial charge >= 0.3 is 0 Å². The number of carboxylic acid groups (broad SMARTS) is 1. The molecule has 0 aliphatic rings. The summed E-state index contributed by atoms with van der Waals surface area (Å²) in [4.78, 5) is 50.4. The van der Waals surface area contributed by atoms with Crippen LogP contribution in [0.25, 0.3) is 44.8 Å². The van der Waals surface area contributed by atoms with E-state index in [1.807, 2.05) is 146 Å². The molecule has 6 N–H and O–H groups in total. The maximum absolute atomic E-state index is 14.1. The first-order chi connectivity index (χ1) is 39.3. The van der Waals surface area contributed by atoms with Crippen molar-refractivity contribution in [3.8, 4) is 44.8 Å². The second-order valence-electron chi connectivity index (χ2n) is 21.1. The van der Waals surface area contributed by atoms with Crippen molar-refractivity contribution in [1.82, 2.24) is 9.13 Å². The standard InChI is InChI=1S/C34H37FN2O4.C33H35FN2O5.CH4/c1-22(2)32-31(34(41)36-27-12-8-5-9-13-27)30(24-10-6-4-7-11-24)33(25-14-16-26(35)17-15-25)37(32)19-18-28(39)21-29(40)20-23(3)38;1-21(2)31-30(33(41)35-25-11-7-4-8-12-25)29(22-9-5-3-6-10-22)32(23-13-15-24(34)16-14-23)36(31)18-17-26(37)19-27(38)20-28(39)40;/h4-17,22,28-29,39-40H,18-21H2,1-3H3,(H,36,41);3-16,21,26-27,37-38H,17-20H2,1-2H3,(H,35,41)(H,39,40);1H4/p-1/t28-,29+;26-,27-;/m11./s1. The predicted molar refractivity (Wildman–Crippen MR) is 322 cm³/mol. The zero-order valence-electron chi connectivity index (χ0n) is 46.8. The molecule has 0 aliphatic heterocycles. The Labute approximate surface area is 484 Å². The summed E-state index contributed by atoms with van der Waals surface area (Å²) in [5.41, 5.74) is 9.72. The van der Waals surface area contributed by atoms with Crippen molar-refractivity contribution in [2.75, 3.05) is 10.6 Å². The lowest BCUT2D eigenvalue weighted by atomic mass is 9.94. The third-order valence-corrected chi connectivity index (χ3v) is 14.0. The number of Topliss-reactive ketones (excluding diaryl/α,β-unsaturated/α-hetero) is 1. The number of benzene rings is 6. The zero-order chi connectivity index (χ0) is 59.0. The lowest BCUT2D eigenvalue weighted by Gasteiger charge is -2.20. The van der Waals surface area contributed by atoms with Gasteiger partial charge in [0.2, 0.25) is 0 Å². The van der Waals surface area contributed by atoms with Crippen molar-refractivity contribution in [2.24, 2.45) is 0 Å². The normalized spacial score (nSPS) is 12.6. The Bertz CT molecular complexity index is 3160. The molecule has 4 atom stereocenters. The number of carboxylic acids is 1. The summed E-state index contributed by atoms with van der Waals surface area (Å²) in [5.74, 6) is -3.06. The first-order valence-corrected chi connectivity index (χ1v) is 27.6. The molecule has 8 rings (SSSR count).